The van der Waals surface area contributed by atoms with Crippen LogP contribution in [-0.4, -0.2) is 35.7 Å². The number of nitrogens with zero attached hydrogens (tertiary/aromatic N) is 2. The zero-order valence-electron chi connectivity index (χ0n) is 11.7. The van der Waals surface area contributed by atoms with E-state index in [0.717, 1.165) is 55.5 Å². The average molecular weight is 305 g/mol. The van der Waals surface area contributed by atoms with E-state index in [2.05, 4.69) is 20.4 Å². The van der Waals surface area contributed by atoms with Gasteiger partial charge in [-0.05, 0) is 31.4 Å². The van der Waals surface area contributed by atoms with Crippen LogP contribution in [0.1, 0.15) is 19.3 Å². The topological polar surface area (TPSA) is 61.0 Å². The van der Waals surface area contributed by atoms with Crippen molar-refractivity contribution >= 4 is 34.1 Å². The molecule has 0 saturated carbocycles. The molecular weight excluding hydrogens is 288 g/mol. The number of H-pyrrole nitrogens is 1. The molecule has 1 aromatic heterocycles. The third-order valence-corrected chi connectivity index (χ3v) is 5.15. The van der Waals surface area contributed by atoms with E-state index in [4.69, 9.17) is 11.6 Å². The van der Waals surface area contributed by atoms with Gasteiger partial charge in [-0.1, -0.05) is 11.6 Å². The molecule has 1 aromatic carbocycles. The summed E-state index contributed by atoms with van der Waals surface area (Å²) in [6, 6.07) is 3.88. The Morgan fingerprint density at radius 1 is 1.24 bits per heavy atom. The summed E-state index contributed by atoms with van der Waals surface area (Å²) < 4.78 is 0. The molecule has 2 aliphatic rings. The third-order valence-electron chi connectivity index (χ3n) is 4.93. The van der Waals surface area contributed by atoms with Crippen LogP contribution in [0.3, 0.4) is 0 Å². The Bertz CT molecular complexity index is 703. The van der Waals surface area contributed by atoms with Crippen LogP contribution in [0.5, 0.6) is 0 Å². The summed E-state index contributed by atoms with van der Waals surface area (Å²) in [5, 5.41) is 11.9. The van der Waals surface area contributed by atoms with Crippen molar-refractivity contribution in [2.45, 2.75) is 19.3 Å². The summed E-state index contributed by atoms with van der Waals surface area (Å²) >= 11 is 6.21. The normalized spacial score (nSPS) is 21.2. The highest BCUT2D eigenvalue weighted by molar-refractivity contribution is 6.31. The van der Waals surface area contributed by atoms with Gasteiger partial charge in [-0.2, -0.15) is 5.10 Å². The Labute approximate surface area is 127 Å². The minimum absolute atomic E-state index is 0.134. The molecule has 2 saturated heterocycles. The first-order valence-electron chi connectivity index (χ1n) is 7.34. The standard InChI is InChI=1S/C15H17ClN4O/c16-10-7-12-11(9-18-19-12)13(8-10)20-5-2-15(3-6-20)1-4-17-14(15)21/h7-9H,1-6H2,(H,17,21)(H,18,19). The summed E-state index contributed by atoms with van der Waals surface area (Å²) in [7, 11) is 0. The van der Waals surface area contributed by atoms with Crippen LogP contribution in [-0.2, 0) is 4.79 Å². The van der Waals surface area contributed by atoms with Gasteiger partial charge in [0.25, 0.3) is 0 Å². The van der Waals surface area contributed by atoms with E-state index in [1.807, 2.05) is 18.3 Å². The van der Waals surface area contributed by atoms with E-state index < -0.39 is 0 Å². The highest BCUT2D eigenvalue weighted by Crippen LogP contribution is 2.40. The molecule has 4 rings (SSSR count). The molecule has 2 fully saturated rings. The Morgan fingerprint density at radius 2 is 2.05 bits per heavy atom. The minimum atomic E-state index is -0.134. The third kappa shape index (κ3) is 1.99. The summed E-state index contributed by atoms with van der Waals surface area (Å²) in [5.74, 6) is 0.238. The molecule has 2 aromatic rings. The van der Waals surface area contributed by atoms with Gasteiger partial charge in [-0.25, -0.2) is 0 Å². The number of carbonyl (C=O) groups is 1. The number of halogens is 1. The largest absolute Gasteiger partial charge is 0.371 e. The molecule has 2 aliphatic heterocycles. The first-order chi connectivity index (χ1) is 10.2. The summed E-state index contributed by atoms with van der Waals surface area (Å²) in [6.07, 6.45) is 4.62. The molecule has 21 heavy (non-hydrogen) atoms. The smallest absolute Gasteiger partial charge is 0.226 e. The van der Waals surface area contributed by atoms with Gasteiger partial charge in [0.05, 0.1) is 17.1 Å². The lowest BCUT2D eigenvalue weighted by atomic mass is 9.77. The van der Waals surface area contributed by atoms with Crippen LogP contribution < -0.4 is 10.2 Å². The Hall–Kier alpha value is -1.75. The Balaban J connectivity index is 1.63. The number of benzene rings is 1. The van der Waals surface area contributed by atoms with Gasteiger partial charge in [-0.15, -0.1) is 0 Å². The fourth-order valence-electron chi connectivity index (χ4n) is 3.63. The van der Waals surface area contributed by atoms with Gasteiger partial charge in [0.1, 0.15) is 0 Å². The lowest BCUT2D eigenvalue weighted by Gasteiger charge is -2.38. The summed E-state index contributed by atoms with van der Waals surface area (Å²) in [5.41, 5.74) is 1.93. The maximum absolute atomic E-state index is 12.1. The number of aromatic nitrogens is 2. The van der Waals surface area contributed by atoms with E-state index in [-0.39, 0.29) is 11.3 Å². The van der Waals surface area contributed by atoms with Crippen molar-refractivity contribution in [3.05, 3.63) is 23.4 Å². The number of fused-ring (bicyclic) bond motifs is 1. The molecule has 5 nitrogen and oxygen atoms in total. The highest BCUT2D eigenvalue weighted by atomic mass is 35.5. The molecule has 1 spiro atoms. The number of hydrogen-bond acceptors (Lipinski definition) is 3. The van der Waals surface area contributed by atoms with Crippen LogP contribution in [0.2, 0.25) is 5.02 Å². The van der Waals surface area contributed by atoms with Crippen LogP contribution in [0, 0.1) is 5.41 Å². The van der Waals surface area contributed by atoms with Gasteiger partial charge in [0.15, 0.2) is 0 Å². The number of carbonyl (C=O) groups excluding carboxylic acids is 1. The molecule has 2 N–H and O–H groups in total. The molecule has 0 radical (unpaired) electrons. The number of nitrogens with one attached hydrogen (secondary N) is 2. The fourth-order valence-corrected chi connectivity index (χ4v) is 3.84. The van der Waals surface area contributed by atoms with Crippen LogP contribution in [0.15, 0.2) is 18.3 Å². The number of hydrogen-bond donors (Lipinski definition) is 2. The minimum Gasteiger partial charge on any atom is -0.371 e. The SMILES string of the molecule is O=C1NCCC12CCN(c1cc(Cl)cc3[nH]ncc13)CC2. The predicted molar refractivity (Wildman–Crippen MR) is 82.6 cm³/mol. The molecule has 0 unspecified atom stereocenters. The molecule has 0 aliphatic carbocycles. The van der Waals surface area contributed by atoms with Crippen molar-refractivity contribution in [2.24, 2.45) is 5.41 Å². The number of aromatic amines is 1. The average Bonchev–Trinajstić information content (AvgIpc) is 3.07. The molecule has 0 bridgehead atoms. The van der Waals surface area contributed by atoms with Crippen molar-refractivity contribution in [3.8, 4) is 0 Å². The summed E-state index contributed by atoms with van der Waals surface area (Å²) in [4.78, 5) is 14.4. The Kier molecular flexibility index (Phi) is 2.85. The molecule has 110 valence electrons. The second-order valence-corrected chi connectivity index (χ2v) is 6.47. The van der Waals surface area contributed by atoms with Crippen LogP contribution in [0.25, 0.3) is 10.9 Å². The van der Waals surface area contributed by atoms with E-state index in [1.54, 1.807) is 0 Å². The molecule has 6 heteroatoms. The lowest BCUT2D eigenvalue weighted by Crippen LogP contribution is -2.44. The molecular formula is C15H17ClN4O. The second kappa shape index (κ2) is 4.63. The van der Waals surface area contributed by atoms with Gasteiger partial charge < -0.3 is 10.2 Å². The Morgan fingerprint density at radius 3 is 2.76 bits per heavy atom. The molecule has 3 heterocycles. The van der Waals surface area contributed by atoms with Crippen LogP contribution >= 0.6 is 11.6 Å². The van der Waals surface area contributed by atoms with Gasteiger partial charge >= 0.3 is 0 Å². The number of rotatable bonds is 1. The van der Waals surface area contributed by atoms with Crippen molar-refractivity contribution < 1.29 is 4.79 Å². The van der Waals surface area contributed by atoms with Crippen molar-refractivity contribution in [2.75, 3.05) is 24.5 Å². The number of amides is 1. The quantitative estimate of drug-likeness (QED) is 0.850. The number of piperidine rings is 1. The lowest BCUT2D eigenvalue weighted by molar-refractivity contribution is -0.128. The molecule has 1 amide bonds. The first-order valence-corrected chi connectivity index (χ1v) is 7.72. The maximum Gasteiger partial charge on any atom is 0.226 e. The van der Waals surface area contributed by atoms with E-state index in [1.165, 1.54) is 0 Å². The zero-order chi connectivity index (χ0) is 14.4. The van der Waals surface area contributed by atoms with E-state index in [9.17, 15) is 4.79 Å². The van der Waals surface area contributed by atoms with Crippen molar-refractivity contribution in [1.29, 1.82) is 0 Å². The van der Waals surface area contributed by atoms with Gasteiger partial charge in [0, 0.05) is 35.7 Å². The van der Waals surface area contributed by atoms with E-state index in [0.29, 0.717) is 5.02 Å². The predicted octanol–water partition coefficient (Wildman–Crippen LogP) is 2.32. The van der Waals surface area contributed by atoms with Gasteiger partial charge in [-0.3, -0.25) is 9.89 Å². The highest BCUT2D eigenvalue weighted by Gasteiger charge is 2.44. The summed E-state index contributed by atoms with van der Waals surface area (Å²) in [6.45, 7) is 2.59. The maximum atomic E-state index is 12.1. The first kappa shape index (κ1) is 13.0. The van der Waals surface area contributed by atoms with Gasteiger partial charge in [0.2, 0.25) is 5.91 Å². The monoisotopic (exact) mass is 304 g/mol. The van der Waals surface area contributed by atoms with Crippen molar-refractivity contribution in [3.63, 3.8) is 0 Å². The van der Waals surface area contributed by atoms with E-state index >= 15 is 0 Å². The van der Waals surface area contributed by atoms with Crippen LogP contribution in [0.4, 0.5) is 5.69 Å². The fraction of sp³-hybridized carbons (Fsp3) is 0.467. The number of anilines is 1. The molecule has 0 atom stereocenters. The zero-order valence-corrected chi connectivity index (χ0v) is 12.4. The second-order valence-electron chi connectivity index (χ2n) is 6.03. The van der Waals surface area contributed by atoms with Crippen molar-refractivity contribution in [1.82, 2.24) is 15.5 Å².